The average Bonchev–Trinajstić information content (AvgIpc) is 2.99. The predicted octanol–water partition coefficient (Wildman–Crippen LogP) is 4.25. The Bertz CT molecular complexity index is 850. The SMILES string of the molecule is CCc1nc2ccc(C)cn2c1C(=O)N1CC2(C)CC1CC(C)(C)C2. The number of hydrogen-bond acceptors (Lipinski definition) is 2. The van der Waals surface area contributed by atoms with E-state index < -0.39 is 0 Å². The fourth-order valence-corrected chi connectivity index (χ4v) is 5.51. The highest BCUT2D eigenvalue weighted by atomic mass is 16.2. The second kappa shape index (κ2) is 5.33. The van der Waals surface area contributed by atoms with Gasteiger partial charge in [-0.3, -0.25) is 9.20 Å². The van der Waals surface area contributed by atoms with Crippen LogP contribution in [0.3, 0.4) is 0 Å². The summed E-state index contributed by atoms with van der Waals surface area (Å²) in [4.78, 5) is 20.4. The van der Waals surface area contributed by atoms with Gasteiger partial charge in [0, 0.05) is 18.8 Å². The van der Waals surface area contributed by atoms with E-state index in [4.69, 9.17) is 4.98 Å². The lowest BCUT2D eigenvalue weighted by atomic mass is 9.65. The summed E-state index contributed by atoms with van der Waals surface area (Å²) in [6, 6.07) is 4.43. The summed E-state index contributed by atoms with van der Waals surface area (Å²) in [6.07, 6.45) is 6.27. The number of aromatic nitrogens is 2. The molecule has 2 aromatic rings. The van der Waals surface area contributed by atoms with Crippen molar-refractivity contribution in [3.63, 3.8) is 0 Å². The van der Waals surface area contributed by atoms with Crippen molar-refractivity contribution in [3.8, 4) is 0 Å². The molecule has 25 heavy (non-hydrogen) atoms. The molecule has 2 fully saturated rings. The molecule has 1 amide bonds. The second-order valence-corrected chi connectivity index (χ2v) is 9.34. The fourth-order valence-electron chi connectivity index (χ4n) is 5.51. The van der Waals surface area contributed by atoms with Crippen LogP contribution in [0.4, 0.5) is 0 Å². The maximum Gasteiger partial charge on any atom is 0.273 e. The summed E-state index contributed by atoms with van der Waals surface area (Å²) in [5.41, 5.74) is 4.28. The van der Waals surface area contributed by atoms with Crippen LogP contribution in [0.1, 0.15) is 68.7 Å². The molecule has 4 nitrogen and oxygen atoms in total. The summed E-state index contributed by atoms with van der Waals surface area (Å²) in [7, 11) is 0. The lowest BCUT2D eigenvalue weighted by Crippen LogP contribution is -2.38. The van der Waals surface area contributed by atoms with Gasteiger partial charge < -0.3 is 4.90 Å². The van der Waals surface area contributed by atoms with Crippen molar-refractivity contribution in [1.82, 2.24) is 14.3 Å². The van der Waals surface area contributed by atoms with Crippen LogP contribution >= 0.6 is 0 Å². The van der Waals surface area contributed by atoms with Crippen molar-refractivity contribution in [2.24, 2.45) is 10.8 Å². The van der Waals surface area contributed by atoms with Crippen LogP contribution in [-0.4, -0.2) is 32.8 Å². The Labute approximate surface area is 150 Å². The van der Waals surface area contributed by atoms with Crippen molar-refractivity contribution in [1.29, 1.82) is 0 Å². The Morgan fingerprint density at radius 2 is 2.04 bits per heavy atom. The summed E-state index contributed by atoms with van der Waals surface area (Å²) >= 11 is 0. The Kier molecular flexibility index (Phi) is 3.54. The van der Waals surface area contributed by atoms with Gasteiger partial charge >= 0.3 is 0 Å². The Balaban J connectivity index is 1.77. The van der Waals surface area contributed by atoms with Crippen molar-refractivity contribution in [2.45, 2.75) is 66.3 Å². The van der Waals surface area contributed by atoms with Crippen LogP contribution in [-0.2, 0) is 6.42 Å². The molecule has 1 aliphatic carbocycles. The molecule has 2 bridgehead atoms. The lowest BCUT2D eigenvalue weighted by Gasteiger charge is -2.39. The van der Waals surface area contributed by atoms with E-state index in [1.165, 1.54) is 6.42 Å². The number of imidazole rings is 1. The fraction of sp³-hybridized carbons (Fsp3) is 0.619. The molecule has 134 valence electrons. The number of rotatable bonds is 2. The van der Waals surface area contributed by atoms with Crippen LogP contribution in [0.15, 0.2) is 18.3 Å². The maximum absolute atomic E-state index is 13.6. The Morgan fingerprint density at radius 1 is 1.28 bits per heavy atom. The number of nitrogens with zero attached hydrogens (tertiary/aromatic N) is 3. The average molecular weight is 339 g/mol. The molecule has 4 rings (SSSR count). The summed E-state index contributed by atoms with van der Waals surface area (Å²) in [5.74, 6) is 0.168. The normalized spacial score (nSPS) is 27.9. The van der Waals surface area contributed by atoms with E-state index in [0.717, 1.165) is 48.4 Å². The first kappa shape index (κ1) is 16.6. The highest BCUT2D eigenvalue weighted by Gasteiger charge is 2.51. The predicted molar refractivity (Wildman–Crippen MR) is 99.9 cm³/mol. The minimum Gasteiger partial charge on any atom is -0.334 e. The highest BCUT2D eigenvalue weighted by Crippen LogP contribution is 2.52. The van der Waals surface area contributed by atoms with Crippen molar-refractivity contribution in [2.75, 3.05) is 6.54 Å². The molecule has 2 aliphatic rings. The van der Waals surface area contributed by atoms with Crippen LogP contribution in [0, 0.1) is 17.8 Å². The largest absolute Gasteiger partial charge is 0.334 e. The molecule has 2 unspecified atom stereocenters. The first-order valence-corrected chi connectivity index (χ1v) is 9.50. The maximum atomic E-state index is 13.6. The van der Waals surface area contributed by atoms with Gasteiger partial charge in [0.2, 0.25) is 0 Å². The van der Waals surface area contributed by atoms with Gasteiger partial charge in [0.25, 0.3) is 5.91 Å². The molecule has 1 aliphatic heterocycles. The zero-order valence-corrected chi connectivity index (χ0v) is 16.1. The van der Waals surface area contributed by atoms with Crippen LogP contribution in [0.25, 0.3) is 5.65 Å². The second-order valence-electron chi connectivity index (χ2n) is 9.34. The van der Waals surface area contributed by atoms with Gasteiger partial charge in [0.15, 0.2) is 0 Å². The number of amides is 1. The standard InChI is InChI=1S/C21H29N3O/c1-6-16-18(23-11-14(2)7-8-17(23)22-16)19(25)24-13-21(5)10-15(24)9-20(3,4)12-21/h7-8,11,15H,6,9-10,12-13H2,1-5H3. The number of hydrogen-bond donors (Lipinski definition) is 0. The van der Waals surface area contributed by atoms with Gasteiger partial charge in [0.05, 0.1) is 5.69 Å². The summed E-state index contributed by atoms with van der Waals surface area (Å²) < 4.78 is 2.01. The van der Waals surface area contributed by atoms with E-state index in [1.54, 1.807) is 0 Å². The monoisotopic (exact) mass is 339 g/mol. The van der Waals surface area contributed by atoms with Gasteiger partial charge in [-0.1, -0.05) is 33.8 Å². The van der Waals surface area contributed by atoms with Crippen LogP contribution < -0.4 is 0 Å². The molecule has 1 saturated heterocycles. The van der Waals surface area contributed by atoms with Crippen LogP contribution in [0.2, 0.25) is 0 Å². The van der Waals surface area contributed by atoms with Gasteiger partial charge in [-0.2, -0.15) is 0 Å². The molecule has 0 aromatic carbocycles. The molecule has 3 heterocycles. The number of pyridine rings is 1. The van der Waals surface area contributed by atoms with Gasteiger partial charge in [-0.05, 0) is 55.1 Å². The molecule has 0 radical (unpaired) electrons. The van der Waals surface area contributed by atoms with Gasteiger partial charge in [0.1, 0.15) is 11.3 Å². The highest BCUT2D eigenvalue weighted by molar-refractivity contribution is 5.95. The minimum atomic E-state index is 0.168. The number of carbonyl (C=O) groups is 1. The van der Waals surface area contributed by atoms with E-state index >= 15 is 0 Å². The van der Waals surface area contributed by atoms with Crippen molar-refractivity contribution >= 4 is 11.6 Å². The third-order valence-electron chi connectivity index (χ3n) is 6.05. The molecular formula is C21H29N3O. The molecule has 1 saturated carbocycles. The lowest BCUT2D eigenvalue weighted by molar-refractivity contribution is 0.0700. The molecule has 2 aromatic heterocycles. The third kappa shape index (κ3) is 2.66. The van der Waals surface area contributed by atoms with Crippen molar-refractivity contribution < 1.29 is 4.79 Å². The zero-order chi connectivity index (χ0) is 18.0. The van der Waals surface area contributed by atoms with E-state index in [1.807, 2.05) is 16.7 Å². The van der Waals surface area contributed by atoms with Crippen molar-refractivity contribution in [3.05, 3.63) is 35.3 Å². The summed E-state index contributed by atoms with van der Waals surface area (Å²) in [6.45, 7) is 12.1. The number of fused-ring (bicyclic) bond motifs is 3. The Morgan fingerprint density at radius 3 is 2.76 bits per heavy atom. The molecule has 4 heteroatoms. The summed E-state index contributed by atoms with van der Waals surface area (Å²) in [5, 5.41) is 0. The Hall–Kier alpha value is -1.84. The van der Waals surface area contributed by atoms with Crippen LogP contribution in [0.5, 0.6) is 0 Å². The van der Waals surface area contributed by atoms with Gasteiger partial charge in [-0.25, -0.2) is 4.98 Å². The van der Waals surface area contributed by atoms with Gasteiger partial charge in [-0.15, -0.1) is 0 Å². The topological polar surface area (TPSA) is 37.6 Å². The molecular weight excluding hydrogens is 310 g/mol. The minimum absolute atomic E-state index is 0.168. The number of likely N-dealkylation sites (tertiary alicyclic amines) is 1. The van der Waals surface area contributed by atoms with E-state index in [-0.39, 0.29) is 11.3 Å². The molecule has 2 atom stereocenters. The quantitative estimate of drug-likeness (QED) is 0.820. The first-order valence-electron chi connectivity index (χ1n) is 9.50. The van der Waals surface area contributed by atoms with E-state index in [2.05, 4.69) is 45.6 Å². The zero-order valence-electron chi connectivity index (χ0n) is 16.1. The van der Waals surface area contributed by atoms with E-state index in [0.29, 0.717) is 11.5 Å². The number of carbonyl (C=O) groups excluding carboxylic acids is 1. The molecule has 0 spiro atoms. The number of aryl methyl sites for hydroxylation is 2. The van der Waals surface area contributed by atoms with E-state index in [9.17, 15) is 4.79 Å². The smallest absolute Gasteiger partial charge is 0.273 e. The first-order chi connectivity index (χ1) is 11.7. The third-order valence-corrected chi connectivity index (χ3v) is 6.05. The molecule has 0 N–H and O–H groups in total.